The SMILES string of the molecule is COc1ccc(-c2[nH]n(-c3ccc(OC)cc3)c(=O)c2C(C)=NCCc2ccc(F)cc2)cc1. The molecule has 0 aliphatic carbocycles. The summed E-state index contributed by atoms with van der Waals surface area (Å²) in [4.78, 5) is 18.2. The molecule has 0 fully saturated rings. The van der Waals surface area contributed by atoms with Gasteiger partial charge in [0, 0.05) is 17.8 Å². The Balaban J connectivity index is 1.72. The topological polar surface area (TPSA) is 68.6 Å². The molecule has 1 aromatic heterocycles. The van der Waals surface area contributed by atoms with Gasteiger partial charge in [-0.25, -0.2) is 9.07 Å². The second-order valence-corrected chi connectivity index (χ2v) is 7.77. The number of ether oxygens (including phenoxy) is 2. The zero-order valence-corrected chi connectivity index (χ0v) is 19.3. The van der Waals surface area contributed by atoms with E-state index >= 15 is 0 Å². The number of benzene rings is 3. The van der Waals surface area contributed by atoms with E-state index in [4.69, 9.17) is 9.47 Å². The van der Waals surface area contributed by atoms with Gasteiger partial charge in [-0.05, 0) is 79.6 Å². The van der Waals surface area contributed by atoms with Crippen molar-refractivity contribution >= 4 is 5.71 Å². The normalized spacial score (nSPS) is 11.5. The Morgan fingerprint density at radius 2 is 1.50 bits per heavy atom. The highest BCUT2D eigenvalue weighted by Crippen LogP contribution is 2.24. The third kappa shape index (κ3) is 4.93. The van der Waals surface area contributed by atoms with Gasteiger partial charge in [0.2, 0.25) is 0 Å². The van der Waals surface area contributed by atoms with Gasteiger partial charge in [0.05, 0.1) is 31.2 Å². The molecule has 0 saturated heterocycles. The lowest BCUT2D eigenvalue weighted by atomic mass is 10.0. The molecule has 34 heavy (non-hydrogen) atoms. The minimum atomic E-state index is -0.265. The predicted octanol–water partition coefficient (Wildman–Crippen LogP) is 5.04. The number of rotatable bonds is 8. The Hall–Kier alpha value is -4.13. The molecular formula is C27H26FN3O3. The van der Waals surface area contributed by atoms with E-state index in [-0.39, 0.29) is 11.4 Å². The maximum atomic E-state index is 13.5. The number of aromatic nitrogens is 2. The zero-order valence-electron chi connectivity index (χ0n) is 19.3. The summed E-state index contributed by atoms with van der Waals surface area (Å²) in [5.41, 5.74) is 4.12. The molecule has 0 aliphatic rings. The quantitative estimate of drug-likeness (QED) is 0.375. The predicted molar refractivity (Wildman–Crippen MR) is 132 cm³/mol. The second-order valence-electron chi connectivity index (χ2n) is 7.77. The highest BCUT2D eigenvalue weighted by molar-refractivity contribution is 6.03. The number of hydrogen-bond donors (Lipinski definition) is 1. The summed E-state index contributed by atoms with van der Waals surface area (Å²) in [6, 6.07) is 21.1. The van der Waals surface area contributed by atoms with Crippen molar-refractivity contribution in [2.75, 3.05) is 20.8 Å². The molecule has 0 unspecified atom stereocenters. The molecular weight excluding hydrogens is 433 g/mol. The van der Waals surface area contributed by atoms with Crippen LogP contribution >= 0.6 is 0 Å². The molecule has 1 heterocycles. The van der Waals surface area contributed by atoms with Crippen LogP contribution in [0.2, 0.25) is 0 Å². The highest BCUT2D eigenvalue weighted by atomic mass is 19.1. The first-order valence-electron chi connectivity index (χ1n) is 10.9. The third-order valence-electron chi connectivity index (χ3n) is 5.62. The molecule has 3 aromatic carbocycles. The van der Waals surface area contributed by atoms with Crippen molar-refractivity contribution in [3.05, 3.63) is 100 Å². The van der Waals surface area contributed by atoms with Crippen LogP contribution in [-0.2, 0) is 6.42 Å². The third-order valence-corrected chi connectivity index (χ3v) is 5.62. The Morgan fingerprint density at radius 3 is 2.09 bits per heavy atom. The first-order chi connectivity index (χ1) is 16.5. The number of nitrogens with one attached hydrogen (secondary N) is 1. The van der Waals surface area contributed by atoms with Crippen molar-refractivity contribution in [3.8, 4) is 28.4 Å². The Kier molecular flexibility index (Phi) is 6.92. The number of nitrogens with zero attached hydrogens (tertiary/aromatic N) is 2. The summed E-state index contributed by atoms with van der Waals surface area (Å²) in [7, 11) is 3.21. The largest absolute Gasteiger partial charge is 0.497 e. The lowest BCUT2D eigenvalue weighted by Crippen LogP contribution is -2.19. The molecule has 0 radical (unpaired) electrons. The van der Waals surface area contributed by atoms with Crippen LogP contribution in [0.3, 0.4) is 0 Å². The van der Waals surface area contributed by atoms with Crippen LogP contribution < -0.4 is 15.0 Å². The molecule has 7 heteroatoms. The van der Waals surface area contributed by atoms with Crippen molar-refractivity contribution in [2.24, 2.45) is 4.99 Å². The number of aromatic amines is 1. The van der Waals surface area contributed by atoms with Gasteiger partial charge in [0.1, 0.15) is 17.3 Å². The van der Waals surface area contributed by atoms with Crippen LogP contribution in [0.25, 0.3) is 16.9 Å². The number of hydrogen-bond acceptors (Lipinski definition) is 4. The van der Waals surface area contributed by atoms with Gasteiger partial charge < -0.3 is 9.47 Å². The van der Waals surface area contributed by atoms with Gasteiger partial charge in [-0.3, -0.25) is 14.9 Å². The van der Waals surface area contributed by atoms with Crippen molar-refractivity contribution in [2.45, 2.75) is 13.3 Å². The summed E-state index contributed by atoms with van der Waals surface area (Å²) in [5.74, 6) is 1.17. The van der Waals surface area contributed by atoms with E-state index in [2.05, 4.69) is 10.1 Å². The van der Waals surface area contributed by atoms with Gasteiger partial charge >= 0.3 is 0 Å². The molecule has 0 aliphatic heterocycles. The molecule has 0 saturated carbocycles. The molecule has 6 nitrogen and oxygen atoms in total. The number of halogens is 1. The van der Waals surface area contributed by atoms with Crippen LogP contribution in [0.4, 0.5) is 4.39 Å². The van der Waals surface area contributed by atoms with E-state index in [0.29, 0.717) is 41.4 Å². The smallest absolute Gasteiger partial charge is 0.280 e. The zero-order chi connectivity index (χ0) is 24.1. The van der Waals surface area contributed by atoms with Gasteiger partial charge in [-0.15, -0.1) is 0 Å². The Morgan fingerprint density at radius 1 is 0.912 bits per heavy atom. The fraction of sp³-hybridized carbons (Fsp3) is 0.185. The maximum Gasteiger partial charge on any atom is 0.280 e. The van der Waals surface area contributed by atoms with Crippen LogP contribution in [-0.4, -0.2) is 36.3 Å². The van der Waals surface area contributed by atoms with E-state index in [1.807, 2.05) is 43.3 Å². The van der Waals surface area contributed by atoms with Crippen molar-refractivity contribution < 1.29 is 13.9 Å². The molecule has 0 spiro atoms. The molecule has 0 bridgehead atoms. The second kappa shape index (κ2) is 10.2. The van der Waals surface area contributed by atoms with E-state index < -0.39 is 0 Å². The van der Waals surface area contributed by atoms with Gasteiger partial charge in [-0.2, -0.15) is 0 Å². The minimum Gasteiger partial charge on any atom is -0.497 e. The average molecular weight is 460 g/mol. The fourth-order valence-corrected chi connectivity index (χ4v) is 3.74. The van der Waals surface area contributed by atoms with Crippen LogP contribution in [0.15, 0.2) is 82.6 Å². The molecule has 0 amide bonds. The average Bonchev–Trinajstić information content (AvgIpc) is 3.22. The monoisotopic (exact) mass is 459 g/mol. The lowest BCUT2D eigenvalue weighted by molar-refractivity contribution is 0.414. The van der Waals surface area contributed by atoms with Crippen LogP contribution in [0.1, 0.15) is 18.1 Å². The summed E-state index contributed by atoms with van der Waals surface area (Å²) < 4.78 is 25.2. The van der Waals surface area contributed by atoms with Gasteiger partial charge in [0.25, 0.3) is 5.56 Å². The number of H-pyrrole nitrogens is 1. The Labute approximate surface area is 197 Å². The molecule has 4 aromatic rings. The Bertz CT molecular complexity index is 1340. The summed E-state index contributed by atoms with van der Waals surface area (Å²) in [6.45, 7) is 2.31. The minimum absolute atomic E-state index is 0.195. The first-order valence-corrected chi connectivity index (χ1v) is 10.9. The molecule has 1 N–H and O–H groups in total. The van der Waals surface area contributed by atoms with Crippen molar-refractivity contribution in [1.29, 1.82) is 0 Å². The van der Waals surface area contributed by atoms with E-state index in [9.17, 15) is 9.18 Å². The van der Waals surface area contributed by atoms with Crippen LogP contribution in [0.5, 0.6) is 11.5 Å². The van der Waals surface area contributed by atoms with Gasteiger partial charge in [0.15, 0.2) is 0 Å². The van der Waals surface area contributed by atoms with Crippen LogP contribution in [0, 0.1) is 5.82 Å². The maximum absolute atomic E-state index is 13.5. The standard InChI is InChI=1S/C27H26FN3O3/c1-18(29-17-16-19-4-8-21(28)9-5-19)25-26(20-6-12-23(33-2)13-7-20)30-31(27(25)32)22-10-14-24(34-3)15-11-22/h4-15,30H,16-17H2,1-3H3. The molecule has 4 rings (SSSR count). The summed E-state index contributed by atoms with van der Waals surface area (Å²) >= 11 is 0. The van der Waals surface area contributed by atoms with Crippen molar-refractivity contribution in [1.82, 2.24) is 9.78 Å². The van der Waals surface area contributed by atoms with E-state index in [1.165, 1.54) is 16.8 Å². The molecule has 174 valence electrons. The van der Waals surface area contributed by atoms with E-state index in [0.717, 1.165) is 16.9 Å². The van der Waals surface area contributed by atoms with E-state index in [1.54, 1.807) is 38.5 Å². The fourth-order valence-electron chi connectivity index (χ4n) is 3.74. The number of aliphatic imine (C=N–C) groups is 1. The summed E-state index contributed by atoms with van der Waals surface area (Å²) in [6.07, 6.45) is 0.645. The van der Waals surface area contributed by atoms with Gasteiger partial charge in [-0.1, -0.05) is 12.1 Å². The van der Waals surface area contributed by atoms with Crippen molar-refractivity contribution in [3.63, 3.8) is 0 Å². The molecule has 0 atom stereocenters. The summed E-state index contributed by atoms with van der Waals surface area (Å²) in [5, 5.41) is 3.25. The first kappa shape index (κ1) is 23.0. The highest BCUT2D eigenvalue weighted by Gasteiger charge is 2.19. The lowest BCUT2D eigenvalue weighted by Gasteiger charge is -2.05. The number of methoxy groups -OCH3 is 2.